The van der Waals surface area contributed by atoms with Crippen molar-refractivity contribution in [3.63, 3.8) is 0 Å². The van der Waals surface area contributed by atoms with Crippen LogP contribution in [0.1, 0.15) is 48.4 Å². The Labute approximate surface area is 198 Å². The van der Waals surface area contributed by atoms with Gasteiger partial charge in [0.15, 0.2) is 0 Å². The summed E-state index contributed by atoms with van der Waals surface area (Å²) in [4.78, 5) is 16.6. The number of anilines is 2. The maximum Gasteiger partial charge on any atom is 0.225 e. The molecule has 2 aromatic carbocycles. The number of aryl methyl sites for hydroxylation is 1. The predicted molar refractivity (Wildman–Crippen MR) is 133 cm³/mol. The summed E-state index contributed by atoms with van der Waals surface area (Å²) < 4.78 is 0. The number of nitrogens with one attached hydrogen (secondary N) is 1. The standard InChI is InChI=1S/C26H25N5OS/c1-16(2)18-6-8-19(9-7-18)24-21(14-27)25(29)31-26(22(24)15-28)33-13-12-23(32)30-20-10-4-17(3)5-11-20/h4-11,16H,12-13H2,1-3H3,(H2,29,31)(H,30,32). The molecule has 0 saturated carbocycles. The first-order valence-electron chi connectivity index (χ1n) is 10.6. The first kappa shape index (κ1) is 23.8. The minimum atomic E-state index is -0.129. The Balaban J connectivity index is 1.82. The summed E-state index contributed by atoms with van der Waals surface area (Å²) in [6.45, 7) is 6.19. The van der Waals surface area contributed by atoms with Gasteiger partial charge in [0, 0.05) is 23.4 Å². The van der Waals surface area contributed by atoms with Crippen molar-refractivity contribution in [3.05, 3.63) is 70.8 Å². The van der Waals surface area contributed by atoms with E-state index in [2.05, 4.69) is 36.3 Å². The summed E-state index contributed by atoms with van der Waals surface area (Å²) in [5.41, 5.74) is 10.8. The van der Waals surface area contributed by atoms with E-state index in [1.807, 2.05) is 55.5 Å². The number of nitrogens with zero attached hydrogens (tertiary/aromatic N) is 3. The van der Waals surface area contributed by atoms with E-state index in [4.69, 9.17) is 5.73 Å². The van der Waals surface area contributed by atoms with Crippen molar-refractivity contribution < 1.29 is 4.79 Å². The fraction of sp³-hybridized carbons (Fsp3) is 0.231. The van der Waals surface area contributed by atoms with E-state index in [0.717, 1.165) is 22.4 Å². The zero-order chi connectivity index (χ0) is 24.0. The molecule has 6 nitrogen and oxygen atoms in total. The highest BCUT2D eigenvalue weighted by molar-refractivity contribution is 7.99. The number of nitriles is 2. The van der Waals surface area contributed by atoms with Gasteiger partial charge in [-0.25, -0.2) is 4.98 Å². The van der Waals surface area contributed by atoms with Gasteiger partial charge in [-0.05, 0) is 36.1 Å². The molecule has 0 saturated heterocycles. The van der Waals surface area contributed by atoms with Gasteiger partial charge < -0.3 is 11.1 Å². The quantitative estimate of drug-likeness (QED) is 0.446. The Kier molecular flexibility index (Phi) is 7.71. The van der Waals surface area contributed by atoms with Crippen LogP contribution in [0.15, 0.2) is 53.6 Å². The lowest BCUT2D eigenvalue weighted by Gasteiger charge is -2.14. The normalized spacial score (nSPS) is 10.5. The molecule has 0 atom stereocenters. The number of nitrogen functional groups attached to an aromatic ring is 1. The Morgan fingerprint density at radius 1 is 1.06 bits per heavy atom. The number of hydrogen-bond donors (Lipinski definition) is 2. The number of pyridine rings is 1. The molecule has 0 bridgehead atoms. The zero-order valence-corrected chi connectivity index (χ0v) is 19.7. The van der Waals surface area contributed by atoms with Gasteiger partial charge in [-0.1, -0.05) is 55.8 Å². The Bertz CT molecular complexity index is 1240. The summed E-state index contributed by atoms with van der Waals surface area (Å²) in [5.74, 6) is 0.725. The lowest BCUT2D eigenvalue weighted by Crippen LogP contribution is -2.12. The van der Waals surface area contributed by atoms with Gasteiger partial charge in [-0.3, -0.25) is 4.79 Å². The number of aromatic nitrogens is 1. The number of amides is 1. The number of carbonyl (C=O) groups excluding carboxylic acids is 1. The molecular formula is C26H25N5OS. The second-order valence-electron chi connectivity index (χ2n) is 7.94. The molecule has 0 radical (unpaired) electrons. The van der Waals surface area contributed by atoms with Crippen molar-refractivity contribution in [2.75, 3.05) is 16.8 Å². The lowest BCUT2D eigenvalue weighted by molar-refractivity contribution is -0.115. The fourth-order valence-electron chi connectivity index (χ4n) is 3.33. The van der Waals surface area contributed by atoms with Gasteiger partial charge in [0.05, 0.1) is 5.56 Å². The third-order valence-electron chi connectivity index (χ3n) is 5.18. The number of carbonyl (C=O) groups is 1. The summed E-state index contributed by atoms with van der Waals surface area (Å²) in [7, 11) is 0. The summed E-state index contributed by atoms with van der Waals surface area (Å²) in [6.07, 6.45) is 0.240. The molecule has 166 valence electrons. The highest BCUT2D eigenvalue weighted by Crippen LogP contribution is 2.36. The molecule has 0 unspecified atom stereocenters. The first-order chi connectivity index (χ1) is 15.8. The van der Waals surface area contributed by atoms with Crippen LogP contribution in [-0.2, 0) is 4.79 Å². The van der Waals surface area contributed by atoms with Crippen LogP contribution in [0.25, 0.3) is 11.1 Å². The van der Waals surface area contributed by atoms with Crippen molar-refractivity contribution in [3.8, 4) is 23.3 Å². The van der Waals surface area contributed by atoms with E-state index in [0.29, 0.717) is 27.8 Å². The Morgan fingerprint density at radius 3 is 2.27 bits per heavy atom. The molecule has 3 aromatic rings. The van der Waals surface area contributed by atoms with Crippen LogP contribution in [0.5, 0.6) is 0 Å². The van der Waals surface area contributed by atoms with E-state index in [1.54, 1.807) is 0 Å². The Hall–Kier alpha value is -3.81. The molecule has 3 N–H and O–H groups in total. The van der Waals surface area contributed by atoms with Crippen LogP contribution in [0.2, 0.25) is 0 Å². The third-order valence-corrected chi connectivity index (χ3v) is 6.16. The van der Waals surface area contributed by atoms with E-state index in [-0.39, 0.29) is 23.7 Å². The van der Waals surface area contributed by atoms with Crippen molar-refractivity contribution in [2.24, 2.45) is 0 Å². The molecule has 33 heavy (non-hydrogen) atoms. The predicted octanol–water partition coefficient (Wildman–Crippen LogP) is 5.63. The van der Waals surface area contributed by atoms with E-state index in [1.165, 1.54) is 11.8 Å². The van der Waals surface area contributed by atoms with Gasteiger partial charge in [0.25, 0.3) is 0 Å². The number of nitrogens with two attached hydrogens (primary N) is 1. The van der Waals surface area contributed by atoms with Gasteiger partial charge >= 0.3 is 0 Å². The maximum atomic E-state index is 12.3. The number of rotatable bonds is 7. The monoisotopic (exact) mass is 455 g/mol. The summed E-state index contributed by atoms with van der Waals surface area (Å²) >= 11 is 1.28. The molecule has 0 aliphatic rings. The van der Waals surface area contributed by atoms with E-state index < -0.39 is 0 Å². The van der Waals surface area contributed by atoms with Crippen molar-refractivity contribution in [1.82, 2.24) is 4.98 Å². The smallest absolute Gasteiger partial charge is 0.225 e. The van der Waals surface area contributed by atoms with E-state index in [9.17, 15) is 15.3 Å². The summed E-state index contributed by atoms with van der Waals surface area (Å²) in [6, 6.07) is 19.6. The molecule has 1 amide bonds. The second kappa shape index (κ2) is 10.7. The van der Waals surface area contributed by atoms with Gasteiger partial charge in [-0.15, -0.1) is 11.8 Å². The first-order valence-corrected chi connectivity index (χ1v) is 11.6. The number of hydrogen-bond acceptors (Lipinski definition) is 6. The zero-order valence-electron chi connectivity index (χ0n) is 18.8. The fourth-order valence-corrected chi connectivity index (χ4v) is 4.26. The molecule has 1 aromatic heterocycles. The molecule has 0 spiro atoms. The summed E-state index contributed by atoms with van der Waals surface area (Å²) in [5, 5.41) is 22.9. The van der Waals surface area contributed by atoms with Crippen LogP contribution in [-0.4, -0.2) is 16.6 Å². The highest BCUT2D eigenvalue weighted by atomic mass is 32.2. The SMILES string of the molecule is Cc1ccc(NC(=O)CCSc2nc(N)c(C#N)c(-c3ccc(C(C)C)cc3)c2C#N)cc1. The lowest BCUT2D eigenvalue weighted by atomic mass is 9.94. The van der Waals surface area contributed by atoms with Crippen molar-refractivity contribution >= 4 is 29.2 Å². The van der Waals surface area contributed by atoms with Crippen LogP contribution in [0, 0.1) is 29.6 Å². The van der Waals surface area contributed by atoms with Crippen molar-refractivity contribution in [1.29, 1.82) is 10.5 Å². The van der Waals surface area contributed by atoms with Gasteiger partial charge in [-0.2, -0.15) is 10.5 Å². The Morgan fingerprint density at radius 2 is 1.70 bits per heavy atom. The molecule has 0 fully saturated rings. The van der Waals surface area contributed by atoms with Crippen LogP contribution >= 0.6 is 11.8 Å². The molecule has 0 aliphatic carbocycles. The third kappa shape index (κ3) is 5.71. The van der Waals surface area contributed by atoms with Crippen LogP contribution < -0.4 is 11.1 Å². The molecule has 3 rings (SSSR count). The minimum Gasteiger partial charge on any atom is -0.383 e. The second-order valence-corrected chi connectivity index (χ2v) is 9.02. The van der Waals surface area contributed by atoms with Crippen LogP contribution in [0.3, 0.4) is 0 Å². The number of benzene rings is 2. The minimum absolute atomic E-state index is 0.0750. The average Bonchev–Trinajstić information content (AvgIpc) is 2.80. The van der Waals surface area contributed by atoms with Gasteiger partial charge in [0.2, 0.25) is 5.91 Å². The van der Waals surface area contributed by atoms with Gasteiger partial charge in [0.1, 0.15) is 28.5 Å². The largest absolute Gasteiger partial charge is 0.383 e. The highest BCUT2D eigenvalue weighted by Gasteiger charge is 2.21. The topological polar surface area (TPSA) is 116 Å². The van der Waals surface area contributed by atoms with Crippen molar-refractivity contribution in [2.45, 2.75) is 38.1 Å². The number of thioether (sulfide) groups is 1. The molecule has 1 heterocycles. The van der Waals surface area contributed by atoms with Crippen LogP contribution in [0.4, 0.5) is 11.5 Å². The maximum absolute atomic E-state index is 12.3. The van der Waals surface area contributed by atoms with E-state index >= 15 is 0 Å². The molecule has 7 heteroatoms. The molecule has 0 aliphatic heterocycles. The molecular weight excluding hydrogens is 430 g/mol. The average molecular weight is 456 g/mol.